The van der Waals surface area contributed by atoms with Gasteiger partial charge >= 0.3 is 0 Å². The zero-order valence-electron chi connectivity index (χ0n) is 8.14. The van der Waals surface area contributed by atoms with Crippen LogP contribution in [-0.2, 0) is 7.05 Å². The third-order valence-corrected chi connectivity index (χ3v) is 3.58. The van der Waals surface area contributed by atoms with Crippen LogP contribution in [0.4, 0.5) is 0 Å². The molecule has 0 saturated heterocycles. The van der Waals surface area contributed by atoms with Crippen LogP contribution in [0.25, 0.3) is 11.3 Å². The van der Waals surface area contributed by atoms with Crippen LogP contribution in [0.15, 0.2) is 39.2 Å². The van der Waals surface area contributed by atoms with E-state index in [4.69, 9.17) is 5.84 Å². The zero-order valence-corrected chi connectivity index (χ0v) is 10.5. The van der Waals surface area contributed by atoms with E-state index >= 15 is 0 Å². The van der Waals surface area contributed by atoms with E-state index in [-0.39, 0.29) is 0 Å². The topological polar surface area (TPSA) is 43.3 Å². The highest BCUT2D eigenvalue weighted by Gasteiger charge is 2.04. The Kier molecular flexibility index (Phi) is 2.93. The van der Waals surface area contributed by atoms with E-state index in [9.17, 15) is 0 Å². The Hall–Kier alpha value is -1.07. The van der Waals surface area contributed by atoms with Crippen molar-refractivity contribution >= 4 is 27.3 Å². The van der Waals surface area contributed by atoms with Crippen LogP contribution in [0.2, 0.25) is 0 Å². The summed E-state index contributed by atoms with van der Waals surface area (Å²) in [7, 11) is 1.96. The minimum absolute atomic E-state index is 0.810. The summed E-state index contributed by atoms with van der Waals surface area (Å²) in [5.41, 5.74) is 2.27. The minimum Gasteiger partial charge on any atom is -0.320 e. The largest absolute Gasteiger partial charge is 0.320 e. The number of halogens is 1. The number of nitrogens with zero attached hydrogens (tertiary/aromatic N) is 2. The number of rotatable bonds is 1. The third-order valence-electron chi connectivity index (χ3n) is 2.16. The zero-order chi connectivity index (χ0) is 10.8. The Labute approximate surface area is 100.0 Å². The number of hydrogen-bond donors (Lipinski definition) is 1. The van der Waals surface area contributed by atoms with E-state index in [1.54, 1.807) is 0 Å². The number of nitrogens with two attached hydrogens (primary N) is 1. The lowest BCUT2D eigenvalue weighted by Gasteiger charge is -2.02. The predicted octanol–water partition coefficient (Wildman–Crippen LogP) is 2.29. The molecule has 0 aliphatic heterocycles. The van der Waals surface area contributed by atoms with Gasteiger partial charge in [0, 0.05) is 22.5 Å². The fourth-order valence-corrected chi connectivity index (χ4v) is 2.62. The van der Waals surface area contributed by atoms with Gasteiger partial charge in [0.25, 0.3) is 0 Å². The molecule has 1 heterocycles. The van der Waals surface area contributed by atoms with E-state index in [2.05, 4.69) is 33.2 Å². The van der Waals surface area contributed by atoms with Crippen LogP contribution in [0.5, 0.6) is 0 Å². The Morgan fingerprint density at radius 1 is 1.47 bits per heavy atom. The second kappa shape index (κ2) is 4.20. The van der Waals surface area contributed by atoms with Crippen molar-refractivity contribution in [2.24, 2.45) is 18.0 Å². The number of aromatic nitrogens is 1. The van der Waals surface area contributed by atoms with Gasteiger partial charge in [0.05, 0.1) is 5.69 Å². The summed E-state index contributed by atoms with van der Waals surface area (Å²) in [6, 6.07) is 8.15. The monoisotopic (exact) mass is 283 g/mol. The van der Waals surface area contributed by atoms with Gasteiger partial charge in [-0.1, -0.05) is 28.1 Å². The average Bonchev–Trinajstić information content (AvgIpc) is 2.59. The van der Waals surface area contributed by atoms with Crippen molar-refractivity contribution in [2.75, 3.05) is 0 Å². The molecule has 0 fully saturated rings. The lowest BCUT2D eigenvalue weighted by molar-refractivity contribution is 0.862. The quantitative estimate of drug-likeness (QED) is 0.633. The normalized spacial score (nSPS) is 12.0. The van der Waals surface area contributed by atoms with Crippen LogP contribution < -0.4 is 10.6 Å². The molecule has 1 aromatic heterocycles. The SMILES string of the molecule is Cn1c(-c2cccc(Br)c2)cs/c1=N\N. The van der Waals surface area contributed by atoms with Gasteiger partial charge in [-0.05, 0) is 12.1 Å². The predicted molar refractivity (Wildman–Crippen MR) is 66.2 cm³/mol. The molecule has 0 aliphatic rings. The van der Waals surface area contributed by atoms with Crippen molar-refractivity contribution in [3.63, 3.8) is 0 Å². The fourth-order valence-electron chi connectivity index (χ4n) is 1.40. The fraction of sp³-hybridized carbons (Fsp3) is 0.100. The van der Waals surface area contributed by atoms with Crippen molar-refractivity contribution in [3.8, 4) is 11.3 Å². The molecule has 2 N–H and O–H groups in total. The number of thiazole rings is 1. The van der Waals surface area contributed by atoms with Crippen LogP contribution in [0.1, 0.15) is 0 Å². The molecule has 0 radical (unpaired) electrons. The first-order chi connectivity index (χ1) is 7.22. The second-order valence-corrected chi connectivity index (χ2v) is 4.85. The first kappa shape index (κ1) is 10.4. The number of hydrogen-bond acceptors (Lipinski definition) is 3. The molecular formula is C10H10BrN3S. The highest BCUT2D eigenvalue weighted by atomic mass is 79.9. The van der Waals surface area contributed by atoms with Gasteiger partial charge in [-0.3, -0.25) is 0 Å². The molecule has 2 rings (SSSR count). The van der Waals surface area contributed by atoms with Gasteiger partial charge in [0.2, 0.25) is 4.80 Å². The second-order valence-electron chi connectivity index (χ2n) is 3.10. The molecule has 3 nitrogen and oxygen atoms in total. The smallest absolute Gasteiger partial charge is 0.207 e. The standard InChI is InChI=1S/C10H10BrN3S/c1-14-9(6-15-10(14)13-12)7-3-2-4-8(11)5-7/h2-6H,12H2,1H3/b13-10-. The summed E-state index contributed by atoms with van der Waals surface area (Å²) in [5.74, 6) is 5.28. The Morgan fingerprint density at radius 2 is 2.27 bits per heavy atom. The summed E-state index contributed by atoms with van der Waals surface area (Å²) < 4.78 is 3.05. The van der Waals surface area contributed by atoms with Crippen LogP contribution >= 0.6 is 27.3 Å². The van der Waals surface area contributed by atoms with Crippen molar-refractivity contribution in [3.05, 3.63) is 38.9 Å². The lowest BCUT2D eigenvalue weighted by atomic mass is 10.2. The van der Waals surface area contributed by atoms with E-state index in [0.717, 1.165) is 20.5 Å². The first-order valence-electron chi connectivity index (χ1n) is 4.37. The van der Waals surface area contributed by atoms with Crippen LogP contribution in [0, 0.1) is 0 Å². The summed E-state index contributed by atoms with van der Waals surface area (Å²) in [6.07, 6.45) is 0. The number of benzene rings is 1. The van der Waals surface area contributed by atoms with Crippen molar-refractivity contribution < 1.29 is 0 Å². The van der Waals surface area contributed by atoms with E-state index in [1.807, 2.05) is 29.1 Å². The van der Waals surface area contributed by atoms with Gasteiger partial charge in [-0.15, -0.1) is 11.3 Å². The highest BCUT2D eigenvalue weighted by molar-refractivity contribution is 9.10. The molecule has 0 unspecified atom stereocenters. The molecule has 0 atom stereocenters. The maximum absolute atomic E-state index is 5.28. The lowest BCUT2D eigenvalue weighted by Crippen LogP contribution is -2.13. The molecule has 2 aromatic rings. The summed E-state index contributed by atoms with van der Waals surface area (Å²) in [6.45, 7) is 0. The summed E-state index contributed by atoms with van der Waals surface area (Å²) in [4.78, 5) is 0.810. The van der Waals surface area contributed by atoms with Gasteiger partial charge in [0.15, 0.2) is 0 Å². The maximum Gasteiger partial charge on any atom is 0.207 e. The average molecular weight is 284 g/mol. The Morgan fingerprint density at radius 3 is 2.87 bits per heavy atom. The molecular weight excluding hydrogens is 274 g/mol. The van der Waals surface area contributed by atoms with Crippen molar-refractivity contribution in [1.82, 2.24) is 4.57 Å². The van der Waals surface area contributed by atoms with Crippen LogP contribution in [-0.4, -0.2) is 4.57 Å². The van der Waals surface area contributed by atoms with Crippen molar-refractivity contribution in [1.29, 1.82) is 0 Å². The first-order valence-corrected chi connectivity index (χ1v) is 6.04. The molecule has 0 aliphatic carbocycles. The summed E-state index contributed by atoms with van der Waals surface area (Å²) >= 11 is 4.99. The summed E-state index contributed by atoms with van der Waals surface area (Å²) in [5, 5.41) is 5.76. The molecule has 0 bridgehead atoms. The van der Waals surface area contributed by atoms with Gasteiger partial charge in [-0.25, -0.2) is 0 Å². The maximum atomic E-state index is 5.28. The van der Waals surface area contributed by atoms with E-state index in [0.29, 0.717) is 0 Å². The van der Waals surface area contributed by atoms with Crippen molar-refractivity contribution in [2.45, 2.75) is 0 Å². The van der Waals surface area contributed by atoms with Crippen LogP contribution in [0.3, 0.4) is 0 Å². The highest BCUT2D eigenvalue weighted by Crippen LogP contribution is 2.22. The van der Waals surface area contributed by atoms with Gasteiger partial charge in [-0.2, -0.15) is 5.10 Å². The van der Waals surface area contributed by atoms with Gasteiger partial charge < -0.3 is 10.4 Å². The molecule has 5 heteroatoms. The van der Waals surface area contributed by atoms with Gasteiger partial charge in [0.1, 0.15) is 0 Å². The third kappa shape index (κ3) is 1.98. The molecule has 0 saturated carbocycles. The van der Waals surface area contributed by atoms with E-state index < -0.39 is 0 Å². The molecule has 15 heavy (non-hydrogen) atoms. The molecule has 78 valence electrons. The molecule has 0 amide bonds. The molecule has 1 aromatic carbocycles. The Bertz CT molecular complexity index is 542. The molecule has 0 spiro atoms. The Balaban J connectivity index is 2.60. The minimum atomic E-state index is 0.810. The van der Waals surface area contributed by atoms with E-state index in [1.165, 1.54) is 11.3 Å².